The average Bonchev–Trinajstić information content (AvgIpc) is 3.41. The Hall–Kier alpha value is -3.52. The number of hydrogen-bond acceptors (Lipinski definition) is 5. The number of carbonyl (C=O) groups is 4. The summed E-state index contributed by atoms with van der Waals surface area (Å²) in [6.07, 6.45) is 1.21. The van der Waals surface area contributed by atoms with Gasteiger partial charge in [-0.1, -0.05) is 55.5 Å². The van der Waals surface area contributed by atoms with Crippen molar-refractivity contribution in [3.63, 3.8) is 0 Å². The van der Waals surface area contributed by atoms with Crippen molar-refractivity contribution in [1.29, 1.82) is 0 Å². The van der Waals surface area contributed by atoms with Crippen molar-refractivity contribution < 1.29 is 24.3 Å². The number of nitrogens with one attached hydrogen (secondary N) is 2. The van der Waals surface area contributed by atoms with Crippen LogP contribution >= 0.6 is 0 Å². The van der Waals surface area contributed by atoms with Crippen LogP contribution in [0.3, 0.4) is 0 Å². The van der Waals surface area contributed by atoms with E-state index in [-0.39, 0.29) is 37.1 Å². The molecule has 3 heterocycles. The van der Waals surface area contributed by atoms with Crippen molar-refractivity contribution in [2.45, 2.75) is 44.2 Å². The van der Waals surface area contributed by atoms with Gasteiger partial charge in [-0.15, -0.1) is 0 Å². The van der Waals surface area contributed by atoms with Crippen LogP contribution in [-0.4, -0.2) is 46.3 Å². The van der Waals surface area contributed by atoms with Crippen LogP contribution in [-0.2, 0) is 37.6 Å². The van der Waals surface area contributed by atoms with Gasteiger partial charge in [-0.05, 0) is 30.4 Å². The second-order valence-corrected chi connectivity index (χ2v) is 9.21. The number of carboxylic acid groups (broad SMARTS) is 1. The Morgan fingerprint density at radius 1 is 1.06 bits per heavy atom. The summed E-state index contributed by atoms with van der Waals surface area (Å²) < 4.78 is 0. The molecule has 5 rings (SSSR count). The van der Waals surface area contributed by atoms with Crippen LogP contribution in [0.2, 0.25) is 0 Å². The molecule has 3 aliphatic heterocycles. The van der Waals surface area contributed by atoms with E-state index in [9.17, 15) is 24.3 Å². The standard InChI is InChI=1S/C26H27N3O5/c1-2-16-9-6-10-17-22(16)27-25(34)26(17)21-20(18(28-26)11-12-19(30)31)23(32)29(24(21)33)14-13-15-7-4-3-5-8-15/h3-10,18,20-21,28H,2,11-14H2,1H3,(H,27,34)(H,30,31)/t18?,20-,21+,26?/m1/s1. The van der Waals surface area contributed by atoms with Gasteiger partial charge in [0.05, 0.1) is 11.8 Å². The van der Waals surface area contributed by atoms with Gasteiger partial charge in [0.15, 0.2) is 0 Å². The zero-order valence-electron chi connectivity index (χ0n) is 18.9. The third-order valence-electron chi connectivity index (χ3n) is 7.44. The third kappa shape index (κ3) is 3.24. The van der Waals surface area contributed by atoms with Gasteiger partial charge in [-0.2, -0.15) is 0 Å². The number of hydrogen-bond donors (Lipinski definition) is 3. The Bertz CT molecular complexity index is 1180. The van der Waals surface area contributed by atoms with Gasteiger partial charge in [0, 0.05) is 30.3 Å². The van der Waals surface area contributed by atoms with E-state index in [1.807, 2.05) is 55.5 Å². The SMILES string of the molecule is CCc1cccc2c1NC(=O)C21NC(CCC(=O)O)[C@H]2C(=O)N(CCc3ccccc3)C(=O)[C@H]21. The monoisotopic (exact) mass is 461 g/mol. The minimum atomic E-state index is -1.39. The first-order valence-corrected chi connectivity index (χ1v) is 11.7. The maximum atomic E-state index is 13.7. The molecule has 3 N–H and O–H groups in total. The van der Waals surface area contributed by atoms with Gasteiger partial charge in [-0.3, -0.25) is 29.4 Å². The predicted octanol–water partition coefficient (Wildman–Crippen LogP) is 2.08. The normalized spacial score (nSPS) is 27.3. The molecule has 2 aromatic rings. The predicted molar refractivity (Wildman–Crippen MR) is 124 cm³/mol. The molecular weight excluding hydrogens is 434 g/mol. The number of carbonyl (C=O) groups excluding carboxylic acids is 3. The fraction of sp³-hybridized carbons (Fsp3) is 0.385. The highest BCUT2D eigenvalue weighted by molar-refractivity contribution is 6.15. The Kier molecular flexibility index (Phi) is 5.48. The van der Waals surface area contributed by atoms with E-state index in [4.69, 9.17) is 0 Å². The van der Waals surface area contributed by atoms with Crippen LogP contribution in [0, 0.1) is 11.8 Å². The van der Waals surface area contributed by atoms with Crippen molar-refractivity contribution >= 4 is 29.4 Å². The van der Waals surface area contributed by atoms with Gasteiger partial charge < -0.3 is 10.4 Å². The maximum Gasteiger partial charge on any atom is 0.303 e. The minimum Gasteiger partial charge on any atom is -0.481 e. The summed E-state index contributed by atoms with van der Waals surface area (Å²) in [6, 6.07) is 14.6. The Morgan fingerprint density at radius 2 is 1.82 bits per heavy atom. The molecule has 4 atom stereocenters. The van der Waals surface area contributed by atoms with Gasteiger partial charge >= 0.3 is 5.97 Å². The van der Waals surface area contributed by atoms with Crippen molar-refractivity contribution in [2.75, 3.05) is 11.9 Å². The summed E-state index contributed by atoms with van der Waals surface area (Å²) in [5.41, 5.74) is 1.92. The molecule has 2 fully saturated rings. The number of aryl methyl sites for hydroxylation is 1. The fourth-order valence-corrected chi connectivity index (χ4v) is 5.88. The number of aliphatic carboxylic acids is 1. The molecule has 3 amide bonds. The van der Waals surface area contributed by atoms with Gasteiger partial charge in [0.2, 0.25) is 17.7 Å². The summed E-state index contributed by atoms with van der Waals surface area (Å²) >= 11 is 0. The number of nitrogens with zero attached hydrogens (tertiary/aromatic N) is 1. The van der Waals surface area contributed by atoms with E-state index in [1.165, 1.54) is 4.90 Å². The highest BCUT2D eigenvalue weighted by Gasteiger charge is 2.70. The Morgan fingerprint density at radius 3 is 2.53 bits per heavy atom. The lowest BCUT2D eigenvalue weighted by Crippen LogP contribution is -2.53. The van der Waals surface area contributed by atoms with Crippen LogP contribution in [0.5, 0.6) is 0 Å². The molecule has 0 aromatic heterocycles. The maximum absolute atomic E-state index is 13.7. The molecule has 0 bridgehead atoms. The molecule has 176 valence electrons. The summed E-state index contributed by atoms with van der Waals surface area (Å²) in [4.78, 5) is 53.4. The van der Waals surface area contributed by atoms with E-state index in [1.54, 1.807) is 0 Å². The zero-order valence-corrected chi connectivity index (χ0v) is 18.9. The number of para-hydroxylation sites is 1. The summed E-state index contributed by atoms with van der Waals surface area (Å²) in [6.45, 7) is 2.21. The van der Waals surface area contributed by atoms with Gasteiger partial charge in [0.25, 0.3) is 0 Å². The van der Waals surface area contributed by atoms with Gasteiger partial charge in [0.1, 0.15) is 5.54 Å². The van der Waals surface area contributed by atoms with Crippen LogP contribution in [0.4, 0.5) is 5.69 Å². The second kappa shape index (κ2) is 8.36. The van der Waals surface area contributed by atoms with Crippen LogP contribution in [0.15, 0.2) is 48.5 Å². The largest absolute Gasteiger partial charge is 0.481 e. The molecule has 34 heavy (non-hydrogen) atoms. The zero-order chi connectivity index (χ0) is 24.0. The molecule has 8 nitrogen and oxygen atoms in total. The van der Waals surface area contributed by atoms with E-state index in [0.717, 1.165) is 11.1 Å². The van der Waals surface area contributed by atoms with E-state index < -0.39 is 29.4 Å². The number of rotatable bonds is 7. The van der Waals surface area contributed by atoms with Crippen LogP contribution < -0.4 is 10.6 Å². The lowest BCUT2D eigenvalue weighted by molar-refractivity contribution is -0.143. The molecule has 0 saturated carbocycles. The molecular formula is C26H27N3O5. The van der Waals surface area contributed by atoms with Crippen LogP contribution in [0.1, 0.15) is 36.5 Å². The Labute approximate surface area is 197 Å². The van der Waals surface area contributed by atoms with Crippen molar-refractivity contribution in [1.82, 2.24) is 10.2 Å². The summed E-state index contributed by atoms with van der Waals surface area (Å²) in [5.74, 6) is -3.75. The van der Waals surface area contributed by atoms with E-state index in [2.05, 4.69) is 10.6 Å². The summed E-state index contributed by atoms with van der Waals surface area (Å²) in [7, 11) is 0. The van der Waals surface area contributed by atoms with E-state index >= 15 is 0 Å². The topological polar surface area (TPSA) is 116 Å². The number of likely N-dealkylation sites (tertiary alicyclic amines) is 1. The third-order valence-corrected chi connectivity index (χ3v) is 7.44. The number of benzene rings is 2. The molecule has 2 saturated heterocycles. The van der Waals surface area contributed by atoms with Crippen molar-refractivity contribution in [2.24, 2.45) is 11.8 Å². The first-order chi connectivity index (χ1) is 16.4. The Balaban J connectivity index is 1.54. The number of imide groups is 1. The van der Waals surface area contributed by atoms with Gasteiger partial charge in [-0.25, -0.2) is 0 Å². The highest BCUT2D eigenvalue weighted by atomic mass is 16.4. The average molecular weight is 462 g/mol. The molecule has 8 heteroatoms. The second-order valence-electron chi connectivity index (χ2n) is 9.21. The quantitative estimate of drug-likeness (QED) is 0.544. The molecule has 2 unspecified atom stereocenters. The van der Waals surface area contributed by atoms with Crippen molar-refractivity contribution in [3.8, 4) is 0 Å². The highest BCUT2D eigenvalue weighted by Crippen LogP contribution is 2.54. The number of amides is 3. The number of fused-ring (bicyclic) bond motifs is 4. The number of carboxylic acids is 1. The van der Waals surface area contributed by atoms with Crippen LogP contribution in [0.25, 0.3) is 0 Å². The lowest BCUT2D eigenvalue weighted by Gasteiger charge is -2.29. The molecule has 1 spiro atoms. The molecule has 2 aromatic carbocycles. The molecule has 0 radical (unpaired) electrons. The first-order valence-electron chi connectivity index (χ1n) is 11.7. The van der Waals surface area contributed by atoms with E-state index in [0.29, 0.717) is 24.1 Å². The minimum absolute atomic E-state index is 0.153. The smallest absolute Gasteiger partial charge is 0.303 e. The molecule has 3 aliphatic rings. The summed E-state index contributed by atoms with van der Waals surface area (Å²) in [5, 5.41) is 15.5. The lowest BCUT2D eigenvalue weighted by atomic mass is 9.76. The van der Waals surface area contributed by atoms with Crippen molar-refractivity contribution in [3.05, 3.63) is 65.2 Å². The number of anilines is 1. The molecule has 0 aliphatic carbocycles. The fourth-order valence-electron chi connectivity index (χ4n) is 5.88. The first kappa shape index (κ1) is 22.3.